The van der Waals surface area contributed by atoms with E-state index in [4.69, 9.17) is 9.26 Å². The summed E-state index contributed by atoms with van der Waals surface area (Å²) in [6, 6.07) is 2.06. The summed E-state index contributed by atoms with van der Waals surface area (Å²) in [5, 5.41) is 6.81. The number of nitrogens with zero attached hydrogens (tertiary/aromatic N) is 1. The molecule has 1 aliphatic heterocycles. The molecule has 1 aromatic rings. The van der Waals surface area contributed by atoms with Crippen LogP contribution in [0.2, 0.25) is 0 Å². The quantitative estimate of drug-likeness (QED) is 0.823. The van der Waals surface area contributed by atoms with E-state index in [1.807, 2.05) is 0 Å². The summed E-state index contributed by atoms with van der Waals surface area (Å²) in [6.45, 7) is 3.34. The Morgan fingerprint density at radius 3 is 2.88 bits per heavy atom. The first-order valence-electron chi connectivity index (χ1n) is 5.53. The van der Waals surface area contributed by atoms with Crippen LogP contribution in [0.1, 0.15) is 36.0 Å². The summed E-state index contributed by atoms with van der Waals surface area (Å²) >= 11 is 0. The molecule has 5 nitrogen and oxygen atoms in total. The maximum absolute atomic E-state index is 11.7. The van der Waals surface area contributed by atoms with Crippen LogP contribution in [0.15, 0.2) is 10.6 Å². The van der Waals surface area contributed by atoms with Gasteiger partial charge in [0.05, 0.1) is 24.3 Å². The van der Waals surface area contributed by atoms with Gasteiger partial charge in [-0.05, 0) is 19.8 Å². The van der Waals surface area contributed by atoms with Gasteiger partial charge in [-0.25, -0.2) is 0 Å². The average Bonchev–Trinajstić information content (AvgIpc) is 2.89. The first kappa shape index (κ1) is 9.84. The molecule has 2 fully saturated rings. The van der Waals surface area contributed by atoms with Crippen molar-refractivity contribution in [3.05, 3.63) is 17.5 Å². The number of rotatable bonds is 3. The van der Waals surface area contributed by atoms with Crippen LogP contribution in [-0.4, -0.2) is 30.3 Å². The zero-order chi connectivity index (χ0) is 11.2. The van der Waals surface area contributed by atoms with Crippen LogP contribution >= 0.6 is 0 Å². The summed E-state index contributed by atoms with van der Waals surface area (Å²) in [5.41, 5.74) is 0.724. The summed E-state index contributed by atoms with van der Waals surface area (Å²) in [5.74, 6) is 0.139. The Hall–Kier alpha value is -1.36. The molecule has 1 aromatic heterocycles. The van der Waals surface area contributed by atoms with Crippen molar-refractivity contribution < 1.29 is 14.1 Å². The SMILES string of the molecule is CC1(c2cc(C(=O)NC3CC3)on2)COC1. The van der Waals surface area contributed by atoms with Gasteiger partial charge in [0.25, 0.3) is 5.91 Å². The van der Waals surface area contributed by atoms with E-state index in [0.717, 1.165) is 18.5 Å². The number of carbonyl (C=O) groups excluding carboxylic acids is 1. The lowest BCUT2D eigenvalue weighted by molar-refractivity contribution is -0.0532. The fourth-order valence-electron chi connectivity index (χ4n) is 1.71. The van der Waals surface area contributed by atoms with Crippen LogP contribution in [0.3, 0.4) is 0 Å². The first-order valence-corrected chi connectivity index (χ1v) is 5.53. The Balaban J connectivity index is 1.73. The molecule has 3 rings (SSSR count). The maximum atomic E-state index is 11.7. The number of amides is 1. The summed E-state index contributed by atoms with van der Waals surface area (Å²) < 4.78 is 10.2. The summed E-state index contributed by atoms with van der Waals surface area (Å²) in [6.07, 6.45) is 2.14. The third-order valence-corrected chi connectivity index (χ3v) is 3.11. The van der Waals surface area contributed by atoms with Crippen molar-refractivity contribution in [1.82, 2.24) is 10.5 Å². The molecule has 2 heterocycles. The molecule has 1 saturated heterocycles. The minimum Gasteiger partial charge on any atom is -0.379 e. The van der Waals surface area contributed by atoms with Crippen molar-refractivity contribution in [2.24, 2.45) is 0 Å². The molecule has 0 bridgehead atoms. The topological polar surface area (TPSA) is 64.4 Å². The van der Waals surface area contributed by atoms with Crippen LogP contribution < -0.4 is 5.32 Å². The summed E-state index contributed by atoms with van der Waals surface area (Å²) in [4.78, 5) is 11.7. The van der Waals surface area contributed by atoms with Gasteiger partial charge in [-0.2, -0.15) is 0 Å². The monoisotopic (exact) mass is 222 g/mol. The highest BCUT2D eigenvalue weighted by Crippen LogP contribution is 2.31. The third-order valence-electron chi connectivity index (χ3n) is 3.11. The van der Waals surface area contributed by atoms with Gasteiger partial charge in [-0.3, -0.25) is 4.79 Å². The normalized spacial score (nSPS) is 22.6. The van der Waals surface area contributed by atoms with Crippen LogP contribution in [0, 0.1) is 0 Å². The van der Waals surface area contributed by atoms with E-state index in [-0.39, 0.29) is 11.3 Å². The Kier molecular flexibility index (Phi) is 2.04. The predicted molar refractivity (Wildman–Crippen MR) is 55.2 cm³/mol. The van der Waals surface area contributed by atoms with Crippen molar-refractivity contribution in [3.8, 4) is 0 Å². The Bertz CT molecular complexity index is 419. The number of hydrogen-bond acceptors (Lipinski definition) is 4. The molecule has 1 amide bonds. The van der Waals surface area contributed by atoms with Crippen LogP contribution in [0.5, 0.6) is 0 Å². The first-order chi connectivity index (χ1) is 7.67. The van der Waals surface area contributed by atoms with E-state index >= 15 is 0 Å². The highest BCUT2D eigenvalue weighted by Gasteiger charge is 2.39. The van der Waals surface area contributed by atoms with Crippen LogP contribution in [0.4, 0.5) is 0 Å². The molecule has 1 N–H and O–H groups in total. The number of aromatic nitrogens is 1. The molecule has 16 heavy (non-hydrogen) atoms. The molecular formula is C11H14N2O3. The van der Waals surface area contributed by atoms with Crippen LogP contribution in [0.25, 0.3) is 0 Å². The fourth-order valence-corrected chi connectivity index (χ4v) is 1.71. The lowest BCUT2D eigenvalue weighted by atomic mass is 9.85. The fraction of sp³-hybridized carbons (Fsp3) is 0.636. The highest BCUT2D eigenvalue weighted by atomic mass is 16.5. The zero-order valence-electron chi connectivity index (χ0n) is 9.16. The van der Waals surface area contributed by atoms with Gasteiger partial charge in [0.1, 0.15) is 0 Å². The molecule has 0 radical (unpaired) electrons. The highest BCUT2D eigenvalue weighted by molar-refractivity contribution is 5.91. The molecule has 0 aromatic carbocycles. The van der Waals surface area contributed by atoms with Crippen LogP contribution in [-0.2, 0) is 10.2 Å². The smallest absolute Gasteiger partial charge is 0.290 e. The van der Waals surface area contributed by atoms with Gasteiger partial charge in [0.15, 0.2) is 0 Å². The number of nitrogens with one attached hydrogen (secondary N) is 1. The van der Waals surface area contributed by atoms with Crippen molar-refractivity contribution in [2.75, 3.05) is 13.2 Å². The average molecular weight is 222 g/mol. The number of ether oxygens (including phenoxy) is 1. The minimum absolute atomic E-state index is 0.0817. The van der Waals surface area contributed by atoms with Gasteiger partial charge in [-0.1, -0.05) is 5.16 Å². The molecule has 0 atom stereocenters. The molecular weight excluding hydrogens is 208 g/mol. The molecule has 0 spiro atoms. The molecule has 1 saturated carbocycles. The Morgan fingerprint density at radius 1 is 1.56 bits per heavy atom. The van der Waals surface area contributed by atoms with E-state index in [0.29, 0.717) is 25.0 Å². The van der Waals surface area contributed by atoms with E-state index < -0.39 is 0 Å². The molecule has 1 aliphatic carbocycles. The summed E-state index contributed by atoms with van der Waals surface area (Å²) in [7, 11) is 0. The van der Waals surface area contributed by atoms with Gasteiger partial charge in [-0.15, -0.1) is 0 Å². The lowest BCUT2D eigenvalue weighted by Gasteiger charge is -2.35. The van der Waals surface area contributed by atoms with Crippen molar-refractivity contribution in [3.63, 3.8) is 0 Å². The van der Waals surface area contributed by atoms with Crippen molar-refractivity contribution >= 4 is 5.91 Å². The predicted octanol–water partition coefficient (Wildman–Crippen LogP) is 0.855. The number of carbonyl (C=O) groups is 1. The van der Waals surface area contributed by atoms with E-state index in [9.17, 15) is 4.79 Å². The molecule has 0 unspecified atom stereocenters. The second kappa shape index (κ2) is 3.31. The van der Waals surface area contributed by atoms with E-state index in [2.05, 4.69) is 17.4 Å². The van der Waals surface area contributed by atoms with E-state index in [1.54, 1.807) is 6.07 Å². The van der Waals surface area contributed by atoms with Gasteiger partial charge in [0.2, 0.25) is 5.76 Å². The molecule has 2 aliphatic rings. The van der Waals surface area contributed by atoms with Crippen molar-refractivity contribution in [2.45, 2.75) is 31.2 Å². The molecule has 5 heteroatoms. The second-order valence-electron chi connectivity index (χ2n) is 4.88. The van der Waals surface area contributed by atoms with Gasteiger partial charge >= 0.3 is 0 Å². The Labute approximate surface area is 93.1 Å². The maximum Gasteiger partial charge on any atom is 0.290 e. The second-order valence-corrected chi connectivity index (χ2v) is 4.88. The zero-order valence-corrected chi connectivity index (χ0v) is 9.16. The largest absolute Gasteiger partial charge is 0.379 e. The molecule has 86 valence electrons. The lowest BCUT2D eigenvalue weighted by Crippen LogP contribution is -2.44. The Morgan fingerprint density at radius 2 is 2.31 bits per heavy atom. The van der Waals surface area contributed by atoms with E-state index in [1.165, 1.54) is 0 Å². The standard InChI is InChI=1S/C11H14N2O3/c1-11(5-15-6-11)9-4-8(16-13-9)10(14)12-7-2-3-7/h4,7H,2-3,5-6H2,1H3,(H,12,14). The van der Waals surface area contributed by atoms with Crippen molar-refractivity contribution in [1.29, 1.82) is 0 Å². The third kappa shape index (κ3) is 1.61. The van der Waals surface area contributed by atoms with Gasteiger partial charge < -0.3 is 14.6 Å². The van der Waals surface area contributed by atoms with Gasteiger partial charge in [0, 0.05) is 12.1 Å². The minimum atomic E-state index is -0.162. The number of hydrogen-bond donors (Lipinski definition) is 1.